The SMILES string of the molecule is CC(C)[C@H](NC(=O)COC(=O)c1cc2ccccc2[nH]1)c1ccc2c(c1)OCCCO2. The van der Waals surface area contributed by atoms with Crippen LogP contribution in [0.15, 0.2) is 48.5 Å². The highest BCUT2D eigenvalue weighted by molar-refractivity contribution is 5.95. The van der Waals surface area contributed by atoms with E-state index in [1.54, 1.807) is 6.07 Å². The third-order valence-corrected chi connectivity index (χ3v) is 5.20. The van der Waals surface area contributed by atoms with Crippen LogP contribution < -0.4 is 14.8 Å². The van der Waals surface area contributed by atoms with Crippen LogP contribution in [-0.4, -0.2) is 36.7 Å². The number of amides is 1. The molecule has 31 heavy (non-hydrogen) atoms. The third-order valence-electron chi connectivity index (χ3n) is 5.20. The lowest BCUT2D eigenvalue weighted by atomic mass is 9.95. The van der Waals surface area contributed by atoms with E-state index < -0.39 is 5.97 Å². The zero-order valence-electron chi connectivity index (χ0n) is 17.6. The van der Waals surface area contributed by atoms with Crippen molar-refractivity contribution in [2.45, 2.75) is 26.3 Å². The van der Waals surface area contributed by atoms with E-state index in [1.807, 2.05) is 56.3 Å². The van der Waals surface area contributed by atoms with E-state index in [-0.39, 0.29) is 24.5 Å². The van der Waals surface area contributed by atoms with E-state index in [4.69, 9.17) is 14.2 Å². The van der Waals surface area contributed by atoms with Gasteiger partial charge in [-0.15, -0.1) is 0 Å². The van der Waals surface area contributed by atoms with E-state index in [2.05, 4.69) is 10.3 Å². The first-order chi connectivity index (χ1) is 15.0. The lowest BCUT2D eigenvalue weighted by Crippen LogP contribution is -2.35. The fraction of sp³-hybridized carbons (Fsp3) is 0.333. The monoisotopic (exact) mass is 422 g/mol. The molecule has 1 aromatic heterocycles. The second-order valence-corrected chi connectivity index (χ2v) is 7.89. The van der Waals surface area contributed by atoms with Crippen molar-refractivity contribution < 1.29 is 23.8 Å². The molecule has 1 aliphatic rings. The van der Waals surface area contributed by atoms with Gasteiger partial charge in [-0.25, -0.2) is 4.79 Å². The summed E-state index contributed by atoms with van der Waals surface area (Å²) < 4.78 is 16.7. The number of hydrogen-bond acceptors (Lipinski definition) is 5. The Hall–Kier alpha value is -3.48. The molecule has 1 atom stereocenters. The van der Waals surface area contributed by atoms with Gasteiger partial charge in [-0.05, 0) is 35.7 Å². The predicted octanol–water partition coefficient (Wildman–Crippen LogP) is 4.00. The summed E-state index contributed by atoms with van der Waals surface area (Å²) in [5, 5.41) is 3.88. The molecule has 2 N–H and O–H groups in total. The minimum absolute atomic E-state index is 0.123. The van der Waals surface area contributed by atoms with Crippen molar-refractivity contribution in [2.24, 2.45) is 5.92 Å². The average Bonchev–Trinajstić information content (AvgIpc) is 3.07. The second kappa shape index (κ2) is 9.12. The second-order valence-electron chi connectivity index (χ2n) is 7.89. The van der Waals surface area contributed by atoms with Crippen molar-refractivity contribution in [3.63, 3.8) is 0 Å². The summed E-state index contributed by atoms with van der Waals surface area (Å²) in [6.45, 7) is 4.90. The molecular weight excluding hydrogens is 396 g/mol. The molecule has 1 amide bonds. The number of ether oxygens (including phenoxy) is 3. The summed E-state index contributed by atoms with van der Waals surface area (Å²) in [5.74, 6) is 0.582. The van der Waals surface area contributed by atoms with Gasteiger partial charge in [0.15, 0.2) is 18.1 Å². The molecule has 0 aliphatic carbocycles. The topological polar surface area (TPSA) is 89.7 Å². The standard InChI is InChI=1S/C24H26N2O5/c1-15(2)23(17-8-9-20-21(13-17)30-11-5-10-29-20)26-22(27)14-31-24(28)19-12-16-6-3-4-7-18(16)25-19/h3-4,6-9,12-13,15,23,25H,5,10-11,14H2,1-2H3,(H,26,27)/t23-/m0/s1. The van der Waals surface area contributed by atoms with Crippen molar-refractivity contribution in [2.75, 3.05) is 19.8 Å². The predicted molar refractivity (Wildman–Crippen MR) is 116 cm³/mol. The van der Waals surface area contributed by atoms with Gasteiger partial charge < -0.3 is 24.5 Å². The number of rotatable bonds is 6. The molecule has 0 bridgehead atoms. The van der Waals surface area contributed by atoms with Crippen LogP contribution in [0, 0.1) is 5.92 Å². The first-order valence-corrected chi connectivity index (χ1v) is 10.4. The van der Waals surface area contributed by atoms with Gasteiger partial charge in [-0.3, -0.25) is 4.79 Å². The highest BCUT2D eigenvalue weighted by atomic mass is 16.5. The maximum atomic E-state index is 12.5. The van der Waals surface area contributed by atoms with Crippen LogP contribution in [0.1, 0.15) is 42.4 Å². The summed E-state index contributed by atoms with van der Waals surface area (Å²) in [7, 11) is 0. The number of aromatic amines is 1. The molecule has 162 valence electrons. The zero-order valence-corrected chi connectivity index (χ0v) is 17.6. The third kappa shape index (κ3) is 4.82. The van der Waals surface area contributed by atoms with Gasteiger partial charge in [0.1, 0.15) is 5.69 Å². The van der Waals surface area contributed by atoms with Crippen molar-refractivity contribution in [1.82, 2.24) is 10.3 Å². The van der Waals surface area contributed by atoms with Gasteiger partial charge in [-0.2, -0.15) is 0 Å². The number of benzene rings is 2. The summed E-state index contributed by atoms with van der Waals surface area (Å²) in [4.78, 5) is 27.9. The molecule has 0 spiro atoms. The van der Waals surface area contributed by atoms with Gasteiger partial charge in [0.2, 0.25) is 0 Å². The van der Waals surface area contributed by atoms with Gasteiger partial charge in [-0.1, -0.05) is 38.1 Å². The Balaban J connectivity index is 1.39. The fourth-order valence-electron chi connectivity index (χ4n) is 3.62. The maximum Gasteiger partial charge on any atom is 0.355 e. The van der Waals surface area contributed by atoms with Crippen LogP contribution in [0.5, 0.6) is 11.5 Å². The Labute approximate surface area is 180 Å². The summed E-state index contributed by atoms with van der Waals surface area (Å²) in [5.41, 5.74) is 2.07. The van der Waals surface area contributed by atoms with E-state index in [1.165, 1.54) is 0 Å². The molecule has 2 aromatic carbocycles. The van der Waals surface area contributed by atoms with E-state index >= 15 is 0 Å². The highest BCUT2D eigenvalue weighted by Crippen LogP contribution is 2.34. The highest BCUT2D eigenvalue weighted by Gasteiger charge is 2.22. The number of carbonyl (C=O) groups excluding carboxylic acids is 2. The molecule has 0 unspecified atom stereocenters. The van der Waals surface area contributed by atoms with Gasteiger partial charge >= 0.3 is 5.97 Å². The number of aromatic nitrogens is 1. The van der Waals surface area contributed by atoms with E-state index in [0.717, 1.165) is 22.9 Å². The summed E-state index contributed by atoms with van der Waals surface area (Å²) >= 11 is 0. The van der Waals surface area contributed by atoms with Gasteiger partial charge in [0, 0.05) is 17.3 Å². The first-order valence-electron chi connectivity index (χ1n) is 10.4. The number of carbonyl (C=O) groups is 2. The Bertz CT molecular complexity index is 1060. The van der Waals surface area contributed by atoms with Gasteiger partial charge in [0.25, 0.3) is 5.91 Å². The Morgan fingerprint density at radius 3 is 2.61 bits per heavy atom. The minimum Gasteiger partial charge on any atom is -0.490 e. The van der Waals surface area contributed by atoms with Crippen LogP contribution in [0.25, 0.3) is 10.9 Å². The van der Waals surface area contributed by atoms with E-state index in [0.29, 0.717) is 30.4 Å². The number of para-hydroxylation sites is 1. The van der Waals surface area contributed by atoms with Crippen LogP contribution in [0.2, 0.25) is 0 Å². The lowest BCUT2D eigenvalue weighted by Gasteiger charge is -2.23. The first kappa shape index (κ1) is 20.8. The lowest BCUT2D eigenvalue weighted by molar-refractivity contribution is -0.125. The number of H-pyrrole nitrogens is 1. The average molecular weight is 422 g/mol. The van der Waals surface area contributed by atoms with Crippen LogP contribution in [-0.2, 0) is 9.53 Å². The van der Waals surface area contributed by atoms with Crippen molar-refractivity contribution in [3.8, 4) is 11.5 Å². The molecule has 0 saturated heterocycles. The molecular formula is C24H26N2O5. The molecule has 0 saturated carbocycles. The molecule has 7 heteroatoms. The van der Waals surface area contributed by atoms with E-state index in [9.17, 15) is 9.59 Å². The molecule has 3 aromatic rings. The smallest absolute Gasteiger partial charge is 0.355 e. The number of hydrogen-bond donors (Lipinski definition) is 2. The van der Waals surface area contributed by atoms with Crippen molar-refractivity contribution >= 4 is 22.8 Å². The van der Waals surface area contributed by atoms with Crippen LogP contribution in [0.3, 0.4) is 0 Å². The van der Waals surface area contributed by atoms with Gasteiger partial charge in [0.05, 0.1) is 19.3 Å². The summed E-state index contributed by atoms with van der Waals surface area (Å²) in [6.07, 6.45) is 0.829. The van der Waals surface area contributed by atoms with Crippen LogP contribution in [0.4, 0.5) is 0 Å². The maximum absolute atomic E-state index is 12.5. The fourth-order valence-corrected chi connectivity index (χ4v) is 3.62. The molecule has 2 heterocycles. The zero-order chi connectivity index (χ0) is 21.8. The summed E-state index contributed by atoms with van der Waals surface area (Å²) in [6, 6.07) is 14.7. The number of fused-ring (bicyclic) bond motifs is 2. The number of esters is 1. The number of nitrogens with one attached hydrogen (secondary N) is 2. The molecule has 1 aliphatic heterocycles. The minimum atomic E-state index is -0.567. The molecule has 0 fully saturated rings. The molecule has 0 radical (unpaired) electrons. The van der Waals surface area contributed by atoms with Crippen molar-refractivity contribution in [3.05, 3.63) is 59.8 Å². The molecule has 7 nitrogen and oxygen atoms in total. The Kier molecular flexibility index (Phi) is 6.11. The Morgan fingerprint density at radius 2 is 1.84 bits per heavy atom. The molecule has 4 rings (SSSR count). The normalized spacial score (nSPS) is 14.2. The largest absolute Gasteiger partial charge is 0.490 e. The van der Waals surface area contributed by atoms with Crippen molar-refractivity contribution in [1.29, 1.82) is 0 Å². The quantitative estimate of drug-likeness (QED) is 0.586. The Morgan fingerprint density at radius 1 is 1.06 bits per heavy atom. The van der Waals surface area contributed by atoms with Crippen LogP contribution >= 0.6 is 0 Å².